The lowest BCUT2D eigenvalue weighted by Gasteiger charge is -2.22. The minimum absolute atomic E-state index is 0.115. The molecule has 0 bridgehead atoms. The summed E-state index contributed by atoms with van der Waals surface area (Å²) in [6.07, 6.45) is 0.410. The predicted octanol–water partition coefficient (Wildman–Crippen LogP) is 3.61. The van der Waals surface area contributed by atoms with Gasteiger partial charge in [-0.05, 0) is 35.1 Å². The van der Waals surface area contributed by atoms with E-state index in [4.69, 9.17) is 23.2 Å². The summed E-state index contributed by atoms with van der Waals surface area (Å²) in [5.41, 5.74) is 1.91. The summed E-state index contributed by atoms with van der Waals surface area (Å²) in [5.74, 6) is 0. The molecule has 3 heteroatoms. The molecule has 0 fully saturated rings. The van der Waals surface area contributed by atoms with Gasteiger partial charge in [0, 0.05) is 0 Å². The smallest absolute Gasteiger partial charge is 0.0847 e. The van der Waals surface area contributed by atoms with Crippen molar-refractivity contribution in [3.05, 3.63) is 33.3 Å². The lowest BCUT2D eigenvalue weighted by atomic mass is 9.88. The van der Waals surface area contributed by atoms with E-state index in [9.17, 15) is 5.11 Å². The molecule has 0 saturated heterocycles. The van der Waals surface area contributed by atoms with Gasteiger partial charge < -0.3 is 5.11 Å². The molecule has 0 aromatic heterocycles. The minimum atomic E-state index is -0.438. The second-order valence-corrected chi connectivity index (χ2v) is 5.35. The van der Waals surface area contributed by atoms with Crippen molar-refractivity contribution in [2.24, 2.45) is 5.41 Å². The van der Waals surface area contributed by atoms with Crippen LogP contribution in [-0.2, 0) is 6.42 Å². The Bertz CT molecular complexity index is 385. The second kappa shape index (κ2) is 3.13. The van der Waals surface area contributed by atoms with Crippen molar-refractivity contribution in [3.8, 4) is 0 Å². The summed E-state index contributed by atoms with van der Waals surface area (Å²) in [7, 11) is 0. The van der Waals surface area contributed by atoms with Crippen LogP contribution in [0.4, 0.5) is 0 Å². The van der Waals surface area contributed by atoms with Crippen LogP contribution < -0.4 is 0 Å². The first-order valence-corrected chi connectivity index (χ1v) is 5.33. The van der Waals surface area contributed by atoms with E-state index in [0.29, 0.717) is 10.0 Å². The monoisotopic (exact) mass is 230 g/mol. The zero-order valence-electron chi connectivity index (χ0n) is 8.14. The van der Waals surface area contributed by atoms with Crippen LogP contribution in [0.15, 0.2) is 12.1 Å². The van der Waals surface area contributed by atoms with Crippen molar-refractivity contribution in [3.63, 3.8) is 0 Å². The van der Waals surface area contributed by atoms with E-state index in [-0.39, 0.29) is 5.41 Å². The van der Waals surface area contributed by atoms with Gasteiger partial charge in [-0.3, -0.25) is 0 Å². The number of benzene rings is 1. The number of aliphatic hydroxyl groups excluding tert-OH is 1. The normalized spacial score (nSPS) is 23.6. The van der Waals surface area contributed by atoms with Crippen molar-refractivity contribution in [2.75, 3.05) is 0 Å². The Labute approximate surface area is 93.7 Å². The quantitative estimate of drug-likeness (QED) is 0.723. The van der Waals surface area contributed by atoms with E-state index in [0.717, 1.165) is 17.5 Å². The molecule has 1 N–H and O–H groups in total. The van der Waals surface area contributed by atoms with Gasteiger partial charge in [0.05, 0.1) is 16.1 Å². The minimum Gasteiger partial charge on any atom is -0.388 e. The molecule has 1 aromatic carbocycles. The average molecular weight is 231 g/mol. The second-order valence-electron chi connectivity index (χ2n) is 4.53. The fourth-order valence-corrected chi connectivity index (χ4v) is 2.38. The maximum atomic E-state index is 10.0. The van der Waals surface area contributed by atoms with Crippen LogP contribution in [0.25, 0.3) is 0 Å². The molecule has 1 aliphatic carbocycles. The van der Waals surface area contributed by atoms with Crippen LogP contribution in [0.5, 0.6) is 0 Å². The molecular formula is C11H12Cl2O. The molecule has 0 aliphatic heterocycles. The van der Waals surface area contributed by atoms with Crippen molar-refractivity contribution in [1.82, 2.24) is 0 Å². The largest absolute Gasteiger partial charge is 0.388 e. The van der Waals surface area contributed by atoms with E-state index < -0.39 is 6.10 Å². The molecule has 2 rings (SSSR count). The van der Waals surface area contributed by atoms with Gasteiger partial charge in [0.15, 0.2) is 0 Å². The van der Waals surface area contributed by atoms with Crippen LogP contribution in [0.3, 0.4) is 0 Å². The van der Waals surface area contributed by atoms with Crippen LogP contribution >= 0.6 is 23.2 Å². The molecule has 0 amide bonds. The van der Waals surface area contributed by atoms with Gasteiger partial charge in [-0.1, -0.05) is 37.0 Å². The lowest BCUT2D eigenvalue weighted by Crippen LogP contribution is -2.16. The summed E-state index contributed by atoms with van der Waals surface area (Å²) >= 11 is 11.8. The Hall–Kier alpha value is -0.240. The Morgan fingerprint density at radius 1 is 1.29 bits per heavy atom. The molecule has 0 radical (unpaired) electrons. The van der Waals surface area contributed by atoms with Crippen molar-refractivity contribution < 1.29 is 5.11 Å². The fraction of sp³-hybridized carbons (Fsp3) is 0.455. The third-order valence-electron chi connectivity index (χ3n) is 2.86. The summed E-state index contributed by atoms with van der Waals surface area (Å²) in [6, 6.07) is 3.63. The number of hydrogen-bond acceptors (Lipinski definition) is 1. The van der Waals surface area contributed by atoms with E-state index >= 15 is 0 Å². The number of fused-ring (bicyclic) bond motifs is 1. The molecular weight excluding hydrogens is 219 g/mol. The summed E-state index contributed by atoms with van der Waals surface area (Å²) in [6.45, 7) is 4.08. The first-order valence-electron chi connectivity index (χ1n) is 4.58. The molecule has 0 saturated carbocycles. The van der Waals surface area contributed by atoms with Crippen LogP contribution in [0.2, 0.25) is 10.0 Å². The van der Waals surface area contributed by atoms with Gasteiger partial charge in [-0.2, -0.15) is 0 Å². The molecule has 0 spiro atoms. The topological polar surface area (TPSA) is 20.2 Å². The maximum Gasteiger partial charge on any atom is 0.0847 e. The fourth-order valence-electron chi connectivity index (χ4n) is 2.02. The van der Waals surface area contributed by atoms with E-state index in [1.54, 1.807) is 6.07 Å². The van der Waals surface area contributed by atoms with Gasteiger partial charge >= 0.3 is 0 Å². The van der Waals surface area contributed by atoms with Gasteiger partial charge in [-0.25, -0.2) is 0 Å². The van der Waals surface area contributed by atoms with Crippen molar-refractivity contribution >= 4 is 23.2 Å². The van der Waals surface area contributed by atoms with Gasteiger partial charge in [0.25, 0.3) is 0 Å². The highest BCUT2D eigenvalue weighted by atomic mass is 35.5. The third-order valence-corrected chi connectivity index (χ3v) is 3.59. The van der Waals surface area contributed by atoms with E-state index in [1.807, 2.05) is 19.9 Å². The number of halogens is 2. The summed E-state index contributed by atoms with van der Waals surface area (Å²) < 4.78 is 0. The summed E-state index contributed by atoms with van der Waals surface area (Å²) in [4.78, 5) is 0. The molecule has 76 valence electrons. The van der Waals surface area contributed by atoms with Gasteiger partial charge in [0.2, 0.25) is 0 Å². The van der Waals surface area contributed by atoms with Gasteiger partial charge in [0.1, 0.15) is 0 Å². The number of rotatable bonds is 0. The zero-order chi connectivity index (χ0) is 10.5. The first kappa shape index (κ1) is 10.3. The molecule has 0 heterocycles. The van der Waals surface area contributed by atoms with Crippen molar-refractivity contribution in [2.45, 2.75) is 26.4 Å². The SMILES string of the molecule is CC1(C)Cc2cc(Cl)c(Cl)cc2C1O. The highest BCUT2D eigenvalue weighted by Gasteiger charge is 2.38. The number of hydrogen-bond donors (Lipinski definition) is 1. The zero-order valence-corrected chi connectivity index (χ0v) is 9.65. The predicted molar refractivity (Wildman–Crippen MR) is 58.9 cm³/mol. The molecule has 1 atom stereocenters. The van der Waals surface area contributed by atoms with Crippen LogP contribution in [0.1, 0.15) is 31.1 Å². The molecule has 14 heavy (non-hydrogen) atoms. The Morgan fingerprint density at radius 3 is 2.50 bits per heavy atom. The molecule has 1 aliphatic rings. The first-order chi connectivity index (χ1) is 6.42. The molecule has 1 aromatic rings. The standard InChI is InChI=1S/C11H12Cl2O/c1-11(2)5-6-3-8(12)9(13)4-7(6)10(11)14/h3-4,10,14H,5H2,1-2H3. The molecule has 1 nitrogen and oxygen atoms in total. The van der Waals surface area contributed by atoms with Gasteiger partial charge in [-0.15, -0.1) is 0 Å². The van der Waals surface area contributed by atoms with Crippen molar-refractivity contribution in [1.29, 1.82) is 0 Å². The molecule has 1 unspecified atom stereocenters. The Morgan fingerprint density at radius 2 is 1.86 bits per heavy atom. The number of aliphatic hydroxyl groups is 1. The van der Waals surface area contributed by atoms with E-state index in [2.05, 4.69) is 0 Å². The highest BCUT2D eigenvalue weighted by Crippen LogP contribution is 2.46. The maximum absolute atomic E-state index is 10.0. The van der Waals surface area contributed by atoms with Crippen LogP contribution in [-0.4, -0.2) is 5.11 Å². The average Bonchev–Trinajstić information content (AvgIpc) is 2.28. The van der Waals surface area contributed by atoms with E-state index in [1.165, 1.54) is 0 Å². The Balaban J connectivity index is 2.55. The highest BCUT2D eigenvalue weighted by molar-refractivity contribution is 6.42. The van der Waals surface area contributed by atoms with Crippen LogP contribution in [0, 0.1) is 5.41 Å². The lowest BCUT2D eigenvalue weighted by molar-refractivity contribution is 0.0666. The summed E-state index contributed by atoms with van der Waals surface area (Å²) in [5, 5.41) is 11.1. The Kier molecular flexibility index (Phi) is 2.30. The third kappa shape index (κ3) is 1.44.